The third-order valence-electron chi connectivity index (χ3n) is 3.45. The molecule has 116 valence electrons. The highest BCUT2D eigenvalue weighted by Gasteiger charge is 2.11. The van der Waals surface area contributed by atoms with E-state index < -0.39 is 4.92 Å². The van der Waals surface area contributed by atoms with Gasteiger partial charge in [-0.05, 0) is 25.5 Å². The molecule has 0 bridgehead atoms. The molecule has 0 radical (unpaired) electrons. The highest BCUT2D eigenvalue weighted by atomic mass is 16.6. The van der Waals surface area contributed by atoms with Crippen molar-refractivity contribution in [3.63, 3.8) is 0 Å². The van der Waals surface area contributed by atoms with Crippen molar-refractivity contribution in [1.29, 1.82) is 0 Å². The summed E-state index contributed by atoms with van der Waals surface area (Å²) in [6.07, 6.45) is 1.70. The SMILES string of the molecule is Cc1cc([N+](=O)[O-])ccc1NC(=O)NCc1cnn(C)c1C. The number of nitrogens with one attached hydrogen (secondary N) is 2. The average Bonchev–Trinajstić information content (AvgIpc) is 2.78. The zero-order valence-corrected chi connectivity index (χ0v) is 12.6. The summed E-state index contributed by atoms with van der Waals surface area (Å²) in [5, 5.41) is 20.2. The average molecular weight is 303 g/mol. The molecule has 0 saturated carbocycles. The van der Waals surface area contributed by atoms with Crippen LogP contribution in [0.1, 0.15) is 16.8 Å². The van der Waals surface area contributed by atoms with Crippen LogP contribution in [-0.2, 0) is 13.6 Å². The van der Waals surface area contributed by atoms with Gasteiger partial charge in [-0.3, -0.25) is 14.8 Å². The fraction of sp³-hybridized carbons (Fsp3) is 0.286. The Hall–Kier alpha value is -2.90. The monoisotopic (exact) mass is 303 g/mol. The molecule has 22 heavy (non-hydrogen) atoms. The standard InChI is InChI=1S/C14H17N5O3/c1-9-6-12(19(21)22)4-5-13(9)17-14(20)15-7-11-8-16-18(3)10(11)2/h4-6,8H,7H2,1-3H3,(H2,15,17,20). The van der Waals surface area contributed by atoms with E-state index in [0.717, 1.165) is 11.3 Å². The molecule has 2 amide bonds. The van der Waals surface area contributed by atoms with Crippen LogP contribution in [0.15, 0.2) is 24.4 Å². The van der Waals surface area contributed by atoms with Crippen LogP contribution in [-0.4, -0.2) is 20.7 Å². The van der Waals surface area contributed by atoms with Crippen molar-refractivity contribution in [3.8, 4) is 0 Å². The number of nitro benzene ring substituents is 1. The molecule has 8 heteroatoms. The third kappa shape index (κ3) is 3.40. The van der Waals surface area contributed by atoms with Gasteiger partial charge in [-0.15, -0.1) is 0 Å². The molecule has 0 saturated heterocycles. The topological polar surface area (TPSA) is 102 Å². The van der Waals surface area contributed by atoms with Crippen molar-refractivity contribution in [2.24, 2.45) is 7.05 Å². The zero-order valence-electron chi connectivity index (χ0n) is 12.6. The normalized spacial score (nSPS) is 10.3. The number of benzene rings is 1. The first kappa shape index (κ1) is 15.5. The van der Waals surface area contributed by atoms with Crippen molar-refractivity contribution >= 4 is 17.4 Å². The van der Waals surface area contributed by atoms with Gasteiger partial charge in [0.2, 0.25) is 0 Å². The number of hydrogen-bond donors (Lipinski definition) is 2. The second-order valence-corrected chi connectivity index (χ2v) is 4.94. The molecule has 0 aliphatic heterocycles. The van der Waals surface area contributed by atoms with Gasteiger partial charge in [0.15, 0.2) is 0 Å². The van der Waals surface area contributed by atoms with Crippen molar-refractivity contribution in [2.45, 2.75) is 20.4 Å². The van der Waals surface area contributed by atoms with Crippen LogP contribution >= 0.6 is 0 Å². The lowest BCUT2D eigenvalue weighted by Crippen LogP contribution is -2.28. The fourth-order valence-corrected chi connectivity index (χ4v) is 1.96. The van der Waals surface area contributed by atoms with Crippen LogP contribution < -0.4 is 10.6 Å². The van der Waals surface area contributed by atoms with Gasteiger partial charge in [0.05, 0.1) is 11.1 Å². The fourth-order valence-electron chi connectivity index (χ4n) is 1.96. The van der Waals surface area contributed by atoms with Crippen LogP contribution in [0.4, 0.5) is 16.2 Å². The number of non-ortho nitro benzene ring substituents is 1. The van der Waals surface area contributed by atoms with Crippen LogP contribution in [0.25, 0.3) is 0 Å². The minimum atomic E-state index is -0.470. The Morgan fingerprint density at radius 3 is 2.68 bits per heavy atom. The lowest BCUT2D eigenvalue weighted by Gasteiger charge is -2.09. The van der Waals surface area contributed by atoms with E-state index in [2.05, 4.69) is 15.7 Å². The van der Waals surface area contributed by atoms with E-state index >= 15 is 0 Å². The number of aryl methyl sites for hydroxylation is 2. The highest BCUT2D eigenvalue weighted by molar-refractivity contribution is 5.90. The molecule has 0 aliphatic rings. The molecule has 2 N–H and O–H groups in total. The van der Waals surface area contributed by atoms with Gasteiger partial charge in [0, 0.05) is 42.7 Å². The molecule has 8 nitrogen and oxygen atoms in total. The first-order valence-electron chi connectivity index (χ1n) is 6.66. The van der Waals surface area contributed by atoms with E-state index in [0.29, 0.717) is 17.8 Å². The Morgan fingerprint density at radius 2 is 2.14 bits per heavy atom. The van der Waals surface area contributed by atoms with Gasteiger partial charge in [-0.1, -0.05) is 0 Å². The molecule has 0 fully saturated rings. The van der Waals surface area contributed by atoms with Gasteiger partial charge in [-0.2, -0.15) is 5.10 Å². The number of nitro groups is 1. The number of urea groups is 1. The summed E-state index contributed by atoms with van der Waals surface area (Å²) >= 11 is 0. The quantitative estimate of drug-likeness (QED) is 0.668. The molecular weight excluding hydrogens is 286 g/mol. The predicted molar refractivity (Wildman–Crippen MR) is 81.6 cm³/mol. The molecule has 2 rings (SSSR count). The summed E-state index contributed by atoms with van der Waals surface area (Å²) in [6.45, 7) is 3.98. The molecule has 1 aromatic carbocycles. The van der Waals surface area contributed by atoms with Crippen LogP contribution in [0, 0.1) is 24.0 Å². The number of carbonyl (C=O) groups excluding carboxylic acids is 1. The first-order valence-corrected chi connectivity index (χ1v) is 6.66. The zero-order chi connectivity index (χ0) is 16.3. The van der Waals surface area contributed by atoms with Crippen LogP contribution in [0.2, 0.25) is 0 Å². The van der Waals surface area contributed by atoms with E-state index in [1.807, 2.05) is 14.0 Å². The Kier molecular flexibility index (Phi) is 4.40. The summed E-state index contributed by atoms with van der Waals surface area (Å²) in [5.74, 6) is 0. The first-order chi connectivity index (χ1) is 10.4. The third-order valence-corrected chi connectivity index (χ3v) is 3.45. The second kappa shape index (κ2) is 6.25. The molecule has 0 unspecified atom stereocenters. The van der Waals surface area contributed by atoms with E-state index in [-0.39, 0.29) is 11.7 Å². The number of carbonyl (C=O) groups is 1. The maximum Gasteiger partial charge on any atom is 0.319 e. The van der Waals surface area contributed by atoms with Crippen molar-refractivity contribution in [1.82, 2.24) is 15.1 Å². The van der Waals surface area contributed by atoms with Crippen molar-refractivity contribution in [2.75, 3.05) is 5.32 Å². The van der Waals surface area contributed by atoms with Gasteiger partial charge in [0.25, 0.3) is 5.69 Å². The summed E-state index contributed by atoms with van der Waals surface area (Å²) in [4.78, 5) is 22.1. The number of hydrogen-bond acceptors (Lipinski definition) is 4. The van der Waals surface area contributed by atoms with E-state index in [4.69, 9.17) is 0 Å². The summed E-state index contributed by atoms with van der Waals surface area (Å²) < 4.78 is 1.73. The molecule has 0 atom stereocenters. The smallest absolute Gasteiger partial charge is 0.319 e. The molecule has 2 aromatic rings. The lowest BCUT2D eigenvalue weighted by atomic mass is 10.2. The Labute approximate surface area is 127 Å². The Balaban J connectivity index is 1.97. The molecule has 0 aliphatic carbocycles. The minimum Gasteiger partial charge on any atom is -0.334 e. The number of amides is 2. The van der Waals surface area contributed by atoms with Gasteiger partial charge in [-0.25, -0.2) is 4.79 Å². The van der Waals surface area contributed by atoms with E-state index in [9.17, 15) is 14.9 Å². The number of nitrogens with zero attached hydrogens (tertiary/aromatic N) is 3. The van der Waals surface area contributed by atoms with E-state index in [1.54, 1.807) is 17.8 Å². The number of anilines is 1. The van der Waals surface area contributed by atoms with Crippen LogP contribution in [0.5, 0.6) is 0 Å². The Morgan fingerprint density at radius 1 is 1.41 bits per heavy atom. The summed E-state index contributed by atoms with van der Waals surface area (Å²) in [6, 6.07) is 3.91. The van der Waals surface area contributed by atoms with Gasteiger partial charge < -0.3 is 10.6 Å². The van der Waals surface area contributed by atoms with Crippen molar-refractivity contribution in [3.05, 3.63) is 51.3 Å². The Bertz CT molecular complexity index is 723. The highest BCUT2D eigenvalue weighted by Crippen LogP contribution is 2.21. The molecule has 0 spiro atoms. The van der Waals surface area contributed by atoms with Crippen molar-refractivity contribution < 1.29 is 9.72 Å². The van der Waals surface area contributed by atoms with E-state index in [1.165, 1.54) is 18.2 Å². The predicted octanol–water partition coefficient (Wildman–Crippen LogP) is 2.27. The maximum absolute atomic E-state index is 11.9. The molecule has 1 aromatic heterocycles. The summed E-state index contributed by atoms with van der Waals surface area (Å²) in [5.41, 5.74) is 3.06. The second-order valence-electron chi connectivity index (χ2n) is 4.94. The van der Waals surface area contributed by atoms with Gasteiger partial charge >= 0.3 is 6.03 Å². The van der Waals surface area contributed by atoms with Gasteiger partial charge in [0.1, 0.15) is 0 Å². The maximum atomic E-state index is 11.9. The lowest BCUT2D eigenvalue weighted by molar-refractivity contribution is -0.384. The number of aromatic nitrogens is 2. The van der Waals surface area contributed by atoms with Crippen LogP contribution in [0.3, 0.4) is 0 Å². The molecule has 1 heterocycles. The molecular formula is C14H17N5O3. The largest absolute Gasteiger partial charge is 0.334 e. The minimum absolute atomic E-state index is 0.00515. The number of rotatable bonds is 4. The summed E-state index contributed by atoms with van der Waals surface area (Å²) in [7, 11) is 1.83.